The number of hydrogen-bond donors (Lipinski definition) is 8. The van der Waals surface area contributed by atoms with Crippen molar-refractivity contribution in [3.05, 3.63) is 70.8 Å². The van der Waals surface area contributed by atoms with Gasteiger partial charge in [0.1, 0.15) is 42.1 Å². The quantitative estimate of drug-likeness (QED) is 0.0780. The highest BCUT2D eigenvalue weighted by Crippen LogP contribution is 2.24. The first-order valence-corrected chi connectivity index (χ1v) is 18.6. The zero-order valence-electron chi connectivity index (χ0n) is 31.7. The Labute approximate surface area is 333 Å². The molecule has 56 heavy (non-hydrogen) atoms. The number of carbonyl (C=O) groups excluding carboxylic acids is 8. The highest BCUT2D eigenvalue weighted by molar-refractivity contribution is 9.10. The predicted octanol–water partition coefficient (Wildman–Crippen LogP) is 0.659. The summed E-state index contributed by atoms with van der Waals surface area (Å²) in [5.74, 6) is -8.73. The van der Waals surface area contributed by atoms with Crippen LogP contribution in [0.15, 0.2) is 65.2 Å². The number of cyclic esters (lactones) is 1. The molecule has 1 aromatic rings. The first-order chi connectivity index (χ1) is 26.3. The SMILES string of the molecule is CC[C@@H](C)[C@@H]1NC(=O)[C@H](CC(N)=O)NC(=O)[C@H](CC(N)=O)NC(=O)[C@H](C(C)C)NC(=O)[C@@H](NC(=O)/C=C/C=C/C=C/C=C/c2ccc(O)c(Br)c2)[C@@H](C)OC1=O. The third-order valence-corrected chi connectivity index (χ3v) is 9.14. The number of carbonyl (C=O) groups is 8. The Hall–Kier alpha value is -5.78. The van der Waals surface area contributed by atoms with Crippen LogP contribution in [0.3, 0.4) is 0 Å². The third kappa shape index (κ3) is 15.2. The minimum Gasteiger partial charge on any atom is -0.507 e. The van der Waals surface area contributed by atoms with E-state index in [2.05, 4.69) is 42.5 Å². The van der Waals surface area contributed by atoms with Gasteiger partial charge in [0.2, 0.25) is 41.4 Å². The maximum absolute atomic E-state index is 13.8. The van der Waals surface area contributed by atoms with E-state index in [1.54, 1.807) is 76.3 Å². The van der Waals surface area contributed by atoms with Gasteiger partial charge in [0, 0.05) is 6.08 Å². The van der Waals surface area contributed by atoms with Crippen molar-refractivity contribution in [1.29, 1.82) is 0 Å². The predicted molar refractivity (Wildman–Crippen MR) is 209 cm³/mol. The molecule has 1 fully saturated rings. The van der Waals surface area contributed by atoms with E-state index < -0.39 is 108 Å². The first-order valence-electron chi connectivity index (χ1n) is 17.8. The lowest BCUT2D eigenvalue weighted by Gasteiger charge is -2.31. The minimum absolute atomic E-state index is 0.123. The molecule has 0 aromatic heterocycles. The van der Waals surface area contributed by atoms with E-state index in [-0.39, 0.29) is 5.75 Å². The second kappa shape index (κ2) is 22.6. The number of esters is 1. The molecule has 1 aromatic carbocycles. The number of rotatable bonds is 13. The lowest BCUT2D eigenvalue weighted by atomic mass is 9.98. The second-order valence-corrected chi connectivity index (χ2v) is 14.2. The van der Waals surface area contributed by atoms with Crippen LogP contribution in [0.25, 0.3) is 6.08 Å². The van der Waals surface area contributed by atoms with Crippen molar-refractivity contribution < 1.29 is 48.2 Å². The molecule has 2 rings (SSSR count). The third-order valence-electron chi connectivity index (χ3n) is 8.50. The fraction of sp³-hybridized carbons (Fsp3) is 0.421. The van der Waals surface area contributed by atoms with Crippen molar-refractivity contribution in [2.45, 2.75) is 90.2 Å². The summed E-state index contributed by atoms with van der Waals surface area (Å²) in [5, 5.41) is 21.8. The van der Waals surface area contributed by atoms with Gasteiger partial charge >= 0.3 is 5.97 Å². The number of phenolic OH excluding ortho intramolecular Hbond substituents is 1. The van der Waals surface area contributed by atoms with Crippen molar-refractivity contribution in [2.75, 3.05) is 0 Å². The number of aromatic hydroxyl groups is 1. The Morgan fingerprint density at radius 3 is 1.91 bits per heavy atom. The number of ether oxygens (including phenoxy) is 1. The Balaban J connectivity index is 2.43. The highest BCUT2D eigenvalue weighted by atomic mass is 79.9. The molecule has 0 bridgehead atoms. The molecule has 7 atom stereocenters. The van der Waals surface area contributed by atoms with Crippen LogP contribution in [0.5, 0.6) is 5.75 Å². The smallest absolute Gasteiger partial charge is 0.329 e. The molecular formula is C38H50BrN7O10. The molecule has 17 nitrogen and oxygen atoms in total. The van der Waals surface area contributed by atoms with Crippen LogP contribution in [-0.4, -0.2) is 88.7 Å². The Kier molecular flexibility index (Phi) is 18.7. The van der Waals surface area contributed by atoms with Gasteiger partial charge in [-0.2, -0.15) is 0 Å². The minimum atomic E-state index is -1.65. The topological polar surface area (TPSA) is 278 Å². The van der Waals surface area contributed by atoms with Gasteiger partial charge in [0.05, 0.1) is 17.3 Å². The van der Waals surface area contributed by atoms with Crippen LogP contribution >= 0.6 is 15.9 Å². The molecule has 7 amide bonds. The van der Waals surface area contributed by atoms with Gasteiger partial charge in [-0.3, -0.25) is 33.6 Å². The normalized spacial score (nSPS) is 23.8. The summed E-state index contributed by atoms with van der Waals surface area (Å²) in [6, 6.07) is -2.52. The molecular weight excluding hydrogens is 794 g/mol. The number of nitrogens with two attached hydrogens (primary N) is 2. The van der Waals surface area contributed by atoms with Crippen molar-refractivity contribution >= 4 is 69.3 Å². The monoisotopic (exact) mass is 843 g/mol. The van der Waals surface area contributed by atoms with E-state index >= 15 is 0 Å². The number of primary amides is 2. The fourth-order valence-electron chi connectivity index (χ4n) is 5.17. The highest BCUT2D eigenvalue weighted by Gasteiger charge is 2.39. The number of amides is 7. The van der Waals surface area contributed by atoms with Crippen LogP contribution in [-0.2, 0) is 43.1 Å². The van der Waals surface area contributed by atoms with Gasteiger partial charge in [0.15, 0.2) is 0 Å². The molecule has 0 radical (unpaired) electrons. The summed E-state index contributed by atoms with van der Waals surface area (Å²) < 4.78 is 6.19. The van der Waals surface area contributed by atoms with Crippen molar-refractivity contribution in [1.82, 2.24) is 26.6 Å². The molecule has 10 N–H and O–H groups in total. The zero-order chi connectivity index (χ0) is 42.1. The Morgan fingerprint density at radius 2 is 1.36 bits per heavy atom. The van der Waals surface area contributed by atoms with Crippen LogP contribution in [0.2, 0.25) is 0 Å². The number of nitrogens with one attached hydrogen (secondary N) is 5. The van der Waals surface area contributed by atoms with E-state index in [9.17, 15) is 43.5 Å². The van der Waals surface area contributed by atoms with E-state index in [4.69, 9.17) is 16.2 Å². The van der Waals surface area contributed by atoms with E-state index in [1.807, 2.05) is 6.08 Å². The summed E-state index contributed by atoms with van der Waals surface area (Å²) in [6.45, 7) is 7.87. The standard InChI is InChI=1S/C38H50BrN7O10/c1-6-21(4)32-38(55)56-22(5)33(44-30(50)14-12-10-8-7-9-11-13-23-15-16-27(47)24(39)17-23)37(54)45-31(20(2)3)36(53)43-25(18-28(40)48)34(51)42-26(19-29(41)49)35(52)46-32/h7-17,20-22,25-26,31-33,47H,6,18-19H2,1-5H3,(H2,40,48)(H2,41,49)(H,42,51)(H,43,53)(H,44,50)(H,45,54)(H,46,52)/b9-7+,10-8+,13-11+,14-12+/t21-,22-,25+,26+,31+,32+,33+/m1/s1. The number of allylic oxidation sites excluding steroid dienone is 6. The Morgan fingerprint density at radius 1 is 0.821 bits per heavy atom. The first kappa shape index (κ1) is 46.4. The van der Waals surface area contributed by atoms with Crippen LogP contribution in [0.1, 0.15) is 59.4 Å². The zero-order valence-corrected chi connectivity index (χ0v) is 33.3. The van der Waals surface area contributed by atoms with Gasteiger partial charge < -0.3 is 47.9 Å². The molecule has 0 aliphatic carbocycles. The Bertz CT molecular complexity index is 1760. The number of hydrogen-bond acceptors (Lipinski definition) is 10. The summed E-state index contributed by atoms with van der Waals surface area (Å²) >= 11 is 3.26. The molecule has 0 spiro atoms. The van der Waals surface area contributed by atoms with Crippen LogP contribution < -0.4 is 38.1 Å². The van der Waals surface area contributed by atoms with E-state index in [0.717, 1.165) is 11.6 Å². The van der Waals surface area contributed by atoms with Gasteiger partial charge in [0.25, 0.3) is 0 Å². The molecule has 0 saturated carbocycles. The lowest BCUT2D eigenvalue weighted by molar-refractivity contribution is -0.157. The molecule has 304 valence electrons. The second-order valence-electron chi connectivity index (χ2n) is 13.4. The van der Waals surface area contributed by atoms with E-state index in [0.29, 0.717) is 10.9 Å². The maximum Gasteiger partial charge on any atom is 0.329 e. The van der Waals surface area contributed by atoms with Crippen molar-refractivity contribution in [3.8, 4) is 5.75 Å². The number of benzene rings is 1. The van der Waals surface area contributed by atoms with Gasteiger partial charge in [-0.15, -0.1) is 0 Å². The lowest BCUT2D eigenvalue weighted by Crippen LogP contribution is -2.62. The van der Waals surface area contributed by atoms with Crippen molar-refractivity contribution in [2.24, 2.45) is 23.3 Å². The van der Waals surface area contributed by atoms with Crippen LogP contribution in [0, 0.1) is 11.8 Å². The van der Waals surface area contributed by atoms with Crippen LogP contribution in [0.4, 0.5) is 0 Å². The number of halogens is 1. The summed E-state index contributed by atoms with van der Waals surface area (Å²) in [4.78, 5) is 105. The molecule has 1 aliphatic rings. The summed E-state index contributed by atoms with van der Waals surface area (Å²) in [6.07, 6.45) is 10.3. The average molecular weight is 845 g/mol. The molecule has 1 aliphatic heterocycles. The summed E-state index contributed by atoms with van der Waals surface area (Å²) in [7, 11) is 0. The van der Waals surface area contributed by atoms with E-state index in [1.165, 1.54) is 13.0 Å². The van der Waals surface area contributed by atoms with Gasteiger partial charge in [-0.05, 0) is 52.4 Å². The summed E-state index contributed by atoms with van der Waals surface area (Å²) in [5.41, 5.74) is 11.5. The average Bonchev–Trinajstić information content (AvgIpc) is 3.12. The number of phenols is 1. The van der Waals surface area contributed by atoms with Crippen molar-refractivity contribution in [3.63, 3.8) is 0 Å². The molecule has 0 unspecified atom stereocenters. The largest absolute Gasteiger partial charge is 0.507 e. The fourth-order valence-corrected chi connectivity index (χ4v) is 5.57. The van der Waals surface area contributed by atoms with Gasteiger partial charge in [-0.25, -0.2) is 4.79 Å². The maximum atomic E-state index is 13.8. The van der Waals surface area contributed by atoms with Gasteiger partial charge in [-0.1, -0.05) is 82.7 Å². The molecule has 1 heterocycles. The molecule has 1 saturated heterocycles. The molecule has 18 heteroatoms.